The molecule has 1 aliphatic heterocycles. The van der Waals surface area contributed by atoms with Gasteiger partial charge in [0.2, 0.25) is 0 Å². The molecule has 0 amide bonds. The van der Waals surface area contributed by atoms with Gasteiger partial charge < -0.3 is 9.47 Å². The zero-order chi connectivity index (χ0) is 11.3. The van der Waals surface area contributed by atoms with Crippen LogP contribution in [0.2, 0.25) is 0 Å². The fourth-order valence-corrected chi connectivity index (χ4v) is 3.32. The van der Waals surface area contributed by atoms with Crippen molar-refractivity contribution in [1.29, 1.82) is 0 Å². The summed E-state index contributed by atoms with van der Waals surface area (Å²) in [6.07, 6.45) is 1.79. The minimum Gasteiger partial charge on any atom is -0.462 e. The standard InChI is InChI=1S/C9H16O5S/c1-13-5-6-14-9(10)8-4-2-3-7-15(8,11)12/h8H,2-7H2,1H3/t8-/m1/s1. The second-order valence-electron chi connectivity index (χ2n) is 3.51. The molecule has 1 rings (SSSR count). The normalized spacial score (nSPS) is 24.7. The van der Waals surface area contributed by atoms with Crippen molar-refractivity contribution in [3.8, 4) is 0 Å². The van der Waals surface area contributed by atoms with Crippen LogP contribution in [0.25, 0.3) is 0 Å². The van der Waals surface area contributed by atoms with Gasteiger partial charge in [0.1, 0.15) is 6.61 Å². The first-order valence-corrected chi connectivity index (χ1v) is 6.66. The molecule has 0 aliphatic carbocycles. The highest BCUT2D eigenvalue weighted by Gasteiger charge is 2.35. The Balaban J connectivity index is 2.50. The van der Waals surface area contributed by atoms with E-state index in [4.69, 9.17) is 9.47 Å². The second kappa shape index (κ2) is 5.46. The summed E-state index contributed by atoms with van der Waals surface area (Å²) in [6.45, 7) is 0.403. The number of methoxy groups -OCH3 is 1. The monoisotopic (exact) mass is 236 g/mol. The molecule has 0 aromatic rings. The van der Waals surface area contributed by atoms with Gasteiger partial charge in [0.25, 0.3) is 0 Å². The smallest absolute Gasteiger partial charge is 0.324 e. The van der Waals surface area contributed by atoms with Gasteiger partial charge in [-0.3, -0.25) is 4.79 Å². The maximum absolute atomic E-state index is 11.5. The van der Waals surface area contributed by atoms with Gasteiger partial charge in [0, 0.05) is 7.11 Å². The van der Waals surface area contributed by atoms with Crippen LogP contribution in [0, 0.1) is 0 Å². The lowest BCUT2D eigenvalue weighted by molar-refractivity contribution is -0.144. The molecule has 6 heteroatoms. The van der Waals surface area contributed by atoms with Crippen LogP contribution in [0.1, 0.15) is 19.3 Å². The zero-order valence-corrected chi connectivity index (χ0v) is 9.59. The van der Waals surface area contributed by atoms with Gasteiger partial charge in [-0.2, -0.15) is 0 Å². The molecule has 0 aromatic heterocycles. The van der Waals surface area contributed by atoms with E-state index in [-0.39, 0.29) is 12.4 Å². The summed E-state index contributed by atoms with van der Waals surface area (Å²) >= 11 is 0. The SMILES string of the molecule is COCCOC(=O)[C@H]1CCCCS1(=O)=O. The summed E-state index contributed by atoms with van der Waals surface area (Å²) in [5.74, 6) is -0.538. The van der Waals surface area contributed by atoms with Gasteiger partial charge in [0.15, 0.2) is 15.1 Å². The third-order valence-corrected chi connectivity index (χ3v) is 4.53. The molecule has 0 unspecified atom stereocenters. The first kappa shape index (κ1) is 12.4. The Bertz CT molecular complexity index is 308. The summed E-state index contributed by atoms with van der Waals surface area (Å²) in [5, 5.41) is -0.955. The molecule has 1 aliphatic rings. The highest BCUT2D eigenvalue weighted by molar-refractivity contribution is 7.92. The van der Waals surface area contributed by atoms with Crippen LogP contribution >= 0.6 is 0 Å². The number of hydrogen-bond acceptors (Lipinski definition) is 5. The van der Waals surface area contributed by atoms with Crippen molar-refractivity contribution in [3.05, 3.63) is 0 Å². The first-order chi connectivity index (χ1) is 7.08. The van der Waals surface area contributed by atoms with Crippen LogP contribution in [0.3, 0.4) is 0 Å². The molecule has 0 spiro atoms. The third-order valence-electron chi connectivity index (χ3n) is 2.37. The van der Waals surface area contributed by atoms with Gasteiger partial charge in [0.05, 0.1) is 12.4 Å². The average Bonchev–Trinajstić information content (AvgIpc) is 2.17. The van der Waals surface area contributed by atoms with E-state index < -0.39 is 21.1 Å². The van der Waals surface area contributed by atoms with Crippen LogP contribution in [0.15, 0.2) is 0 Å². The van der Waals surface area contributed by atoms with Crippen LogP contribution < -0.4 is 0 Å². The van der Waals surface area contributed by atoms with Gasteiger partial charge in [-0.15, -0.1) is 0 Å². The number of esters is 1. The van der Waals surface area contributed by atoms with Crippen molar-refractivity contribution in [2.24, 2.45) is 0 Å². The average molecular weight is 236 g/mol. The van der Waals surface area contributed by atoms with E-state index in [0.717, 1.165) is 6.42 Å². The Morgan fingerprint density at radius 1 is 1.33 bits per heavy atom. The molecule has 0 radical (unpaired) electrons. The lowest BCUT2D eigenvalue weighted by Crippen LogP contribution is -2.37. The number of rotatable bonds is 4. The molecule has 88 valence electrons. The number of carbonyl (C=O) groups is 1. The minimum absolute atomic E-state index is 0.0943. The maximum atomic E-state index is 11.5. The molecule has 0 N–H and O–H groups in total. The third kappa shape index (κ3) is 3.46. The van der Waals surface area contributed by atoms with Crippen molar-refractivity contribution < 1.29 is 22.7 Å². The molecule has 0 bridgehead atoms. The van der Waals surface area contributed by atoms with Gasteiger partial charge in [-0.05, 0) is 12.8 Å². The maximum Gasteiger partial charge on any atom is 0.324 e. The Morgan fingerprint density at radius 2 is 2.07 bits per heavy atom. The van der Waals surface area contributed by atoms with E-state index in [9.17, 15) is 13.2 Å². The molecule has 1 fully saturated rings. The van der Waals surface area contributed by atoms with Crippen molar-refractivity contribution in [2.75, 3.05) is 26.1 Å². The molecule has 1 heterocycles. The van der Waals surface area contributed by atoms with Gasteiger partial charge in [-0.25, -0.2) is 8.42 Å². The molecular formula is C9H16O5S. The number of sulfone groups is 1. The van der Waals surface area contributed by atoms with E-state index in [1.54, 1.807) is 0 Å². The van der Waals surface area contributed by atoms with Crippen molar-refractivity contribution in [3.63, 3.8) is 0 Å². The second-order valence-corrected chi connectivity index (χ2v) is 5.81. The predicted octanol–water partition coefficient (Wildman–Crippen LogP) is 0.143. The predicted molar refractivity (Wildman–Crippen MR) is 54.3 cm³/mol. The summed E-state index contributed by atoms with van der Waals surface area (Å²) in [4.78, 5) is 11.4. The zero-order valence-electron chi connectivity index (χ0n) is 8.77. The molecule has 0 saturated carbocycles. The number of carbonyl (C=O) groups excluding carboxylic acids is 1. The van der Waals surface area contributed by atoms with E-state index in [2.05, 4.69) is 0 Å². The van der Waals surface area contributed by atoms with Crippen LogP contribution in [0.4, 0.5) is 0 Å². The summed E-state index contributed by atoms with van der Waals surface area (Å²) in [5.41, 5.74) is 0. The molecule has 0 aromatic carbocycles. The highest BCUT2D eigenvalue weighted by Crippen LogP contribution is 2.20. The van der Waals surface area contributed by atoms with Crippen molar-refractivity contribution in [1.82, 2.24) is 0 Å². The van der Waals surface area contributed by atoms with E-state index in [1.165, 1.54) is 7.11 Å². The Hall–Kier alpha value is -0.620. The van der Waals surface area contributed by atoms with Crippen LogP contribution in [0.5, 0.6) is 0 Å². The summed E-state index contributed by atoms with van der Waals surface area (Å²) < 4.78 is 32.6. The Kier molecular flexibility index (Phi) is 4.53. The van der Waals surface area contributed by atoms with Crippen LogP contribution in [-0.2, 0) is 24.1 Å². The minimum atomic E-state index is -3.28. The van der Waals surface area contributed by atoms with Crippen molar-refractivity contribution >= 4 is 15.8 Å². The van der Waals surface area contributed by atoms with E-state index in [1.807, 2.05) is 0 Å². The molecular weight excluding hydrogens is 220 g/mol. The lowest BCUT2D eigenvalue weighted by Gasteiger charge is -2.20. The number of ether oxygens (including phenoxy) is 2. The van der Waals surface area contributed by atoms with Gasteiger partial charge >= 0.3 is 5.97 Å². The fraction of sp³-hybridized carbons (Fsp3) is 0.889. The number of hydrogen-bond donors (Lipinski definition) is 0. The summed E-state index contributed by atoms with van der Waals surface area (Å²) in [7, 11) is -1.78. The fourth-order valence-electron chi connectivity index (χ4n) is 1.54. The Morgan fingerprint density at radius 3 is 2.67 bits per heavy atom. The van der Waals surface area contributed by atoms with Crippen molar-refractivity contribution in [2.45, 2.75) is 24.5 Å². The van der Waals surface area contributed by atoms with Gasteiger partial charge in [-0.1, -0.05) is 6.42 Å². The molecule has 1 saturated heterocycles. The lowest BCUT2D eigenvalue weighted by atomic mass is 10.2. The topological polar surface area (TPSA) is 69.7 Å². The van der Waals surface area contributed by atoms with E-state index >= 15 is 0 Å². The molecule has 5 nitrogen and oxygen atoms in total. The highest BCUT2D eigenvalue weighted by atomic mass is 32.2. The van der Waals surface area contributed by atoms with E-state index in [0.29, 0.717) is 19.4 Å². The Labute approximate surface area is 89.7 Å². The largest absolute Gasteiger partial charge is 0.462 e. The molecule has 1 atom stereocenters. The first-order valence-electron chi connectivity index (χ1n) is 4.95. The van der Waals surface area contributed by atoms with Crippen LogP contribution in [-0.4, -0.2) is 45.7 Å². The quantitative estimate of drug-likeness (QED) is 0.513. The molecule has 15 heavy (non-hydrogen) atoms. The summed E-state index contributed by atoms with van der Waals surface area (Å²) in [6, 6.07) is 0.